The molecule has 0 N–H and O–H groups in total. The zero-order valence-corrected chi connectivity index (χ0v) is 17.7. The molecule has 1 saturated heterocycles. The van der Waals surface area contributed by atoms with Crippen molar-refractivity contribution in [1.82, 2.24) is 14.8 Å². The van der Waals surface area contributed by atoms with Gasteiger partial charge in [0, 0.05) is 38.1 Å². The summed E-state index contributed by atoms with van der Waals surface area (Å²) in [7, 11) is 0. The number of amides is 1. The van der Waals surface area contributed by atoms with E-state index in [2.05, 4.69) is 21.7 Å². The molecule has 0 bridgehead atoms. The number of para-hydroxylation sites is 1. The van der Waals surface area contributed by atoms with Crippen molar-refractivity contribution in [2.24, 2.45) is 0 Å². The van der Waals surface area contributed by atoms with E-state index in [9.17, 15) is 4.79 Å². The molecule has 0 unspecified atom stereocenters. The van der Waals surface area contributed by atoms with Crippen molar-refractivity contribution in [3.8, 4) is 11.5 Å². The summed E-state index contributed by atoms with van der Waals surface area (Å²) in [6.45, 7) is 6.09. The van der Waals surface area contributed by atoms with Gasteiger partial charge in [0.2, 0.25) is 0 Å². The second-order valence-electron chi connectivity index (χ2n) is 7.68. The summed E-state index contributed by atoms with van der Waals surface area (Å²) in [5, 5.41) is 5.19. The molecule has 5 nitrogen and oxygen atoms in total. The van der Waals surface area contributed by atoms with Gasteiger partial charge in [-0.1, -0.05) is 18.2 Å². The van der Waals surface area contributed by atoms with Gasteiger partial charge in [-0.25, -0.2) is 4.98 Å². The number of hydrogen-bond acceptors (Lipinski definition) is 5. The number of benzene rings is 1. The van der Waals surface area contributed by atoms with Gasteiger partial charge in [-0.3, -0.25) is 9.69 Å². The number of rotatable bonds is 4. The van der Waals surface area contributed by atoms with Crippen LogP contribution in [0.2, 0.25) is 0 Å². The molecule has 1 aliphatic heterocycles. The minimum absolute atomic E-state index is 0.0633. The highest BCUT2D eigenvalue weighted by Gasteiger charge is 2.24. The Morgan fingerprint density at radius 2 is 1.93 bits per heavy atom. The number of fused-ring (bicyclic) bond motifs is 1. The fourth-order valence-corrected chi connectivity index (χ4v) is 4.63. The van der Waals surface area contributed by atoms with Gasteiger partial charge in [0.05, 0.1) is 11.1 Å². The lowest BCUT2D eigenvalue weighted by atomic mass is 10.0. The third kappa shape index (κ3) is 3.76. The van der Waals surface area contributed by atoms with E-state index in [1.54, 1.807) is 11.3 Å². The van der Waals surface area contributed by atoms with Gasteiger partial charge >= 0.3 is 0 Å². The van der Waals surface area contributed by atoms with Crippen molar-refractivity contribution in [2.75, 3.05) is 26.2 Å². The molecule has 0 spiro atoms. The number of aryl methyl sites for hydroxylation is 1. The predicted molar refractivity (Wildman–Crippen MR) is 120 cm³/mol. The molecule has 30 heavy (non-hydrogen) atoms. The standard InChI is InChI=1S/C24H23N3O2S/c1-17-6-7-23(29-17)22-14-20(19-4-2-3-5-21(19)25-22)24(28)27-11-9-26(10-12-27)15-18-8-13-30-16-18/h2-8,13-14,16H,9-12,15H2,1H3. The molecule has 1 fully saturated rings. The molecule has 1 aliphatic rings. The highest BCUT2D eigenvalue weighted by molar-refractivity contribution is 7.07. The zero-order valence-electron chi connectivity index (χ0n) is 16.9. The Hall–Kier alpha value is -2.96. The van der Waals surface area contributed by atoms with E-state index >= 15 is 0 Å². The van der Waals surface area contributed by atoms with Crippen LogP contribution in [0.4, 0.5) is 0 Å². The third-order valence-electron chi connectivity index (χ3n) is 5.59. The first-order valence-electron chi connectivity index (χ1n) is 10.2. The minimum Gasteiger partial charge on any atom is -0.460 e. The lowest BCUT2D eigenvalue weighted by Crippen LogP contribution is -2.48. The monoisotopic (exact) mass is 417 g/mol. The Kier molecular flexibility index (Phi) is 5.11. The largest absolute Gasteiger partial charge is 0.460 e. The molecule has 6 heteroatoms. The molecule has 0 saturated carbocycles. The average Bonchev–Trinajstić information content (AvgIpc) is 3.45. The maximum atomic E-state index is 13.5. The van der Waals surface area contributed by atoms with Gasteiger partial charge in [0.25, 0.3) is 5.91 Å². The molecule has 152 valence electrons. The first-order chi connectivity index (χ1) is 14.7. The lowest BCUT2D eigenvalue weighted by Gasteiger charge is -2.34. The number of furan rings is 1. The van der Waals surface area contributed by atoms with Crippen molar-refractivity contribution in [2.45, 2.75) is 13.5 Å². The number of carbonyl (C=O) groups excluding carboxylic acids is 1. The van der Waals surface area contributed by atoms with Crippen LogP contribution in [0.15, 0.2) is 63.7 Å². The van der Waals surface area contributed by atoms with Gasteiger partial charge in [0.15, 0.2) is 5.76 Å². The summed E-state index contributed by atoms with van der Waals surface area (Å²) in [6, 6.07) is 15.7. The maximum absolute atomic E-state index is 13.5. The number of aromatic nitrogens is 1. The van der Waals surface area contributed by atoms with E-state index in [0.29, 0.717) is 17.0 Å². The summed E-state index contributed by atoms with van der Waals surface area (Å²) >= 11 is 1.73. The molecule has 0 aliphatic carbocycles. The molecule has 1 amide bonds. The molecule has 4 aromatic rings. The van der Waals surface area contributed by atoms with E-state index in [0.717, 1.165) is 49.4 Å². The SMILES string of the molecule is Cc1ccc(-c2cc(C(=O)N3CCN(Cc4ccsc4)CC3)c3ccccc3n2)o1. The molecular weight excluding hydrogens is 394 g/mol. The number of hydrogen-bond donors (Lipinski definition) is 0. The van der Waals surface area contributed by atoms with Crippen molar-refractivity contribution < 1.29 is 9.21 Å². The second kappa shape index (κ2) is 8.05. The first kappa shape index (κ1) is 19.0. The second-order valence-corrected chi connectivity index (χ2v) is 8.46. The van der Waals surface area contributed by atoms with Crippen LogP contribution in [0.5, 0.6) is 0 Å². The Morgan fingerprint density at radius 1 is 1.10 bits per heavy atom. The molecule has 5 rings (SSSR count). The minimum atomic E-state index is 0.0633. The molecule has 3 aromatic heterocycles. The topological polar surface area (TPSA) is 49.6 Å². The van der Waals surface area contributed by atoms with Crippen LogP contribution in [0, 0.1) is 6.92 Å². The molecule has 4 heterocycles. The summed E-state index contributed by atoms with van der Waals surface area (Å²) in [5.41, 5.74) is 3.54. The third-order valence-corrected chi connectivity index (χ3v) is 6.32. The number of nitrogens with zero attached hydrogens (tertiary/aromatic N) is 3. The average molecular weight is 418 g/mol. The summed E-state index contributed by atoms with van der Waals surface area (Å²) in [4.78, 5) is 22.6. The van der Waals surface area contributed by atoms with Gasteiger partial charge < -0.3 is 9.32 Å². The van der Waals surface area contributed by atoms with E-state index < -0.39 is 0 Å². The first-order valence-corrected chi connectivity index (χ1v) is 11.1. The van der Waals surface area contributed by atoms with Crippen LogP contribution in [0.25, 0.3) is 22.4 Å². The van der Waals surface area contributed by atoms with Gasteiger partial charge in [0.1, 0.15) is 11.5 Å². The summed E-state index contributed by atoms with van der Waals surface area (Å²) in [5.74, 6) is 1.58. The highest BCUT2D eigenvalue weighted by Crippen LogP contribution is 2.27. The Morgan fingerprint density at radius 3 is 2.67 bits per heavy atom. The predicted octanol–water partition coefficient (Wildman–Crippen LogP) is 4.82. The highest BCUT2D eigenvalue weighted by atomic mass is 32.1. The van der Waals surface area contributed by atoms with E-state index in [1.165, 1.54) is 5.56 Å². The Labute approximate surface area is 179 Å². The molecule has 0 radical (unpaired) electrons. The quantitative estimate of drug-likeness (QED) is 0.478. The normalized spacial score (nSPS) is 15.0. The van der Waals surface area contributed by atoms with E-state index in [4.69, 9.17) is 9.40 Å². The van der Waals surface area contributed by atoms with Crippen molar-refractivity contribution in [3.05, 3.63) is 76.2 Å². The van der Waals surface area contributed by atoms with Crippen LogP contribution in [0.3, 0.4) is 0 Å². The van der Waals surface area contributed by atoms with E-state index in [-0.39, 0.29) is 5.91 Å². The fraction of sp³-hybridized carbons (Fsp3) is 0.250. The summed E-state index contributed by atoms with van der Waals surface area (Å²) < 4.78 is 5.77. The zero-order chi connectivity index (χ0) is 20.5. The van der Waals surface area contributed by atoms with Gasteiger partial charge in [-0.15, -0.1) is 0 Å². The summed E-state index contributed by atoms with van der Waals surface area (Å²) in [6.07, 6.45) is 0. The number of thiophene rings is 1. The number of pyridine rings is 1. The van der Waals surface area contributed by atoms with Crippen LogP contribution in [-0.2, 0) is 6.54 Å². The van der Waals surface area contributed by atoms with Crippen molar-refractivity contribution >= 4 is 28.1 Å². The molecule has 0 atom stereocenters. The number of carbonyl (C=O) groups is 1. The van der Waals surface area contributed by atoms with Crippen molar-refractivity contribution in [1.29, 1.82) is 0 Å². The molecular formula is C24H23N3O2S. The van der Waals surface area contributed by atoms with Gasteiger partial charge in [-0.05, 0) is 53.6 Å². The Bertz CT molecular complexity index is 1170. The lowest BCUT2D eigenvalue weighted by molar-refractivity contribution is 0.0630. The van der Waals surface area contributed by atoms with E-state index in [1.807, 2.05) is 54.3 Å². The number of piperazine rings is 1. The van der Waals surface area contributed by atoms with Crippen molar-refractivity contribution in [3.63, 3.8) is 0 Å². The fourth-order valence-electron chi connectivity index (χ4n) is 3.97. The smallest absolute Gasteiger partial charge is 0.254 e. The maximum Gasteiger partial charge on any atom is 0.254 e. The Balaban J connectivity index is 1.40. The van der Waals surface area contributed by atoms with Crippen LogP contribution in [0.1, 0.15) is 21.7 Å². The van der Waals surface area contributed by atoms with Crippen LogP contribution >= 0.6 is 11.3 Å². The van der Waals surface area contributed by atoms with Crippen LogP contribution in [-0.4, -0.2) is 46.9 Å². The van der Waals surface area contributed by atoms with Crippen LogP contribution < -0.4 is 0 Å². The van der Waals surface area contributed by atoms with Gasteiger partial charge in [-0.2, -0.15) is 11.3 Å². The molecule has 1 aromatic carbocycles.